The van der Waals surface area contributed by atoms with Crippen LogP contribution < -0.4 is 5.32 Å². The van der Waals surface area contributed by atoms with Gasteiger partial charge in [0.25, 0.3) is 0 Å². The Bertz CT molecular complexity index is 383. The van der Waals surface area contributed by atoms with Gasteiger partial charge in [0.2, 0.25) is 0 Å². The Balaban J connectivity index is 1.83. The summed E-state index contributed by atoms with van der Waals surface area (Å²) in [6.45, 7) is 9.85. The molecule has 1 N–H and O–H groups in total. The third kappa shape index (κ3) is 3.82. The summed E-state index contributed by atoms with van der Waals surface area (Å²) >= 11 is 0. The van der Waals surface area contributed by atoms with Gasteiger partial charge in [-0.15, -0.1) is 0 Å². The van der Waals surface area contributed by atoms with E-state index in [0.717, 1.165) is 37.9 Å². The van der Waals surface area contributed by atoms with Crippen molar-refractivity contribution in [2.75, 3.05) is 6.54 Å². The normalized spacial score (nSPS) is 23.7. The van der Waals surface area contributed by atoms with Crippen molar-refractivity contribution in [3.05, 3.63) is 17.5 Å². The molecule has 0 amide bonds. The topological polar surface area (TPSA) is 29.9 Å². The molecule has 1 saturated carbocycles. The lowest BCUT2D eigenvalue weighted by molar-refractivity contribution is 0.247. The summed E-state index contributed by atoms with van der Waals surface area (Å²) in [4.78, 5) is 0. The van der Waals surface area contributed by atoms with Crippen LogP contribution in [0.5, 0.6) is 0 Å². The first kappa shape index (κ1) is 14.6. The molecule has 1 aromatic heterocycles. The SMILES string of the molecule is CCc1cc(CNCC2CCCCC2C)n(CC)n1. The van der Waals surface area contributed by atoms with E-state index in [0.29, 0.717) is 0 Å². The highest BCUT2D eigenvalue weighted by atomic mass is 15.3. The van der Waals surface area contributed by atoms with Gasteiger partial charge in [0.15, 0.2) is 0 Å². The lowest BCUT2D eigenvalue weighted by Crippen LogP contribution is -2.29. The number of aromatic nitrogens is 2. The molecule has 1 heterocycles. The van der Waals surface area contributed by atoms with Crippen molar-refractivity contribution >= 4 is 0 Å². The molecule has 1 aromatic rings. The minimum absolute atomic E-state index is 0.873. The van der Waals surface area contributed by atoms with Gasteiger partial charge >= 0.3 is 0 Å². The molecule has 3 heteroatoms. The molecule has 0 spiro atoms. The zero-order valence-electron chi connectivity index (χ0n) is 12.8. The standard InChI is InChI=1S/C16H29N3/c1-4-15-10-16(19(5-2)18-15)12-17-11-14-9-7-6-8-13(14)3/h10,13-14,17H,4-9,11-12H2,1-3H3. The molecule has 19 heavy (non-hydrogen) atoms. The Morgan fingerprint density at radius 3 is 2.79 bits per heavy atom. The third-order valence-electron chi connectivity index (χ3n) is 4.58. The Hall–Kier alpha value is -0.830. The average Bonchev–Trinajstić information content (AvgIpc) is 2.83. The Morgan fingerprint density at radius 1 is 1.32 bits per heavy atom. The summed E-state index contributed by atoms with van der Waals surface area (Å²) in [7, 11) is 0. The van der Waals surface area contributed by atoms with Gasteiger partial charge < -0.3 is 5.32 Å². The molecule has 2 atom stereocenters. The first-order chi connectivity index (χ1) is 9.24. The van der Waals surface area contributed by atoms with E-state index < -0.39 is 0 Å². The fourth-order valence-corrected chi connectivity index (χ4v) is 3.19. The van der Waals surface area contributed by atoms with Crippen molar-refractivity contribution in [2.24, 2.45) is 11.8 Å². The molecule has 1 fully saturated rings. The highest BCUT2D eigenvalue weighted by molar-refractivity contribution is 5.10. The summed E-state index contributed by atoms with van der Waals surface area (Å²) in [5, 5.41) is 8.26. The Labute approximate surface area is 117 Å². The Morgan fingerprint density at radius 2 is 2.11 bits per heavy atom. The van der Waals surface area contributed by atoms with Crippen LogP contribution >= 0.6 is 0 Å². The number of rotatable bonds is 6. The van der Waals surface area contributed by atoms with Gasteiger partial charge in [-0.2, -0.15) is 5.10 Å². The van der Waals surface area contributed by atoms with Crippen LogP contribution in [0.3, 0.4) is 0 Å². The number of nitrogens with one attached hydrogen (secondary N) is 1. The van der Waals surface area contributed by atoms with E-state index >= 15 is 0 Å². The molecule has 3 nitrogen and oxygen atoms in total. The van der Waals surface area contributed by atoms with E-state index in [1.165, 1.54) is 37.1 Å². The molecule has 1 aliphatic carbocycles. The number of hydrogen-bond donors (Lipinski definition) is 1. The summed E-state index contributed by atoms with van der Waals surface area (Å²) in [5.41, 5.74) is 2.55. The highest BCUT2D eigenvalue weighted by Crippen LogP contribution is 2.28. The zero-order valence-corrected chi connectivity index (χ0v) is 12.8. The molecule has 2 rings (SSSR count). The predicted molar refractivity (Wildman–Crippen MR) is 80.1 cm³/mol. The van der Waals surface area contributed by atoms with Crippen LogP contribution in [-0.4, -0.2) is 16.3 Å². The van der Waals surface area contributed by atoms with Gasteiger partial charge in [-0.3, -0.25) is 4.68 Å². The van der Waals surface area contributed by atoms with E-state index in [9.17, 15) is 0 Å². The van der Waals surface area contributed by atoms with E-state index in [1.54, 1.807) is 0 Å². The van der Waals surface area contributed by atoms with Crippen LogP contribution in [0.25, 0.3) is 0 Å². The lowest BCUT2D eigenvalue weighted by atomic mass is 9.80. The summed E-state index contributed by atoms with van der Waals surface area (Å²) < 4.78 is 2.14. The maximum Gasteiger partial charge on any atom is 0.0625 e. The molecule has 0 saturated heterocycles. The molecule has 2 unspecified atom stereocenters. The van der Waals surface area contributed by atoms with Crippen LogP contribution in [-0.2, 0) is 19.5 Å². The molecule has 0 radical (unpaired) electrons. The van der Waals surface area contributed by atoms with E-state index in [2.05, 4.69) is 41.9 Å². The second-order valence-electron chi connectivity index (χ2n) is 5.95. The second-order valence-corrected chi connectivity index (χ2v) is 5.95. The maximum atomic E-state index is 4.60. The van der Waals surface area contributed by atoms with Gasteiger partial charge in [-0.1, -0.05) is 33.1 Å². The minimum Gasteiger partial charge on any atom is -0.311 e. The fraction of sp³-hybridized carbons (Fsp3) is 0.812. The summed E-state index contributed by atoms with van der Waals surface area (Å²) in [6.07, 6.45) is 6.70. The number of aryl methyl sites for hydroxylation is 2. The van der Waals surface area contributed by atoms with Crippen molar-refractivity contribution in [3.8, 4) is 0 Å². The van der Waals surface area contributed by atoms with Crippen molar-refractivity contribution in [1.82, 2.24) is 15.1 Å². The van der Waals surface area contributed by atoms with Gasteiger partial charge in [0, 0.05) is 13.1 Å². The van der Waals surface area contributed by atoms with Crippen LogP contribution in [0, 0.1) is 11.8 Å². The summed E-state index contributed by atoms with van der Waals surface area (Å²) in [5.74, 6) is 1.76. The molecule has 0 aromatic carbocycles. The van der Waals surface area contributed by atoms with Crippen LogP contribution in [0.4, 0.5) is 0 Å². The second kappa shape index (κ2) is 7.09. The van der Waals surface area contributed by atoms with Crippen molar-refractivity contribution in [1.29, 1.82) is 0 Å². The molecule has 108 valence electrons. The van der Waals surface area contributed by atoms with Crippen molar-refractivity contribution in [2.45, 2.75) is 66.0 Å². The predicted octanol–water partition coefficient (Wildman–Crippen LogP) is 3.38. The lowest BCUT2D eigenvalue weighted by Gasteiger charge is -2.28. The summed E-state index contributed by atoms with van der Waals surface area (Å²) in [6, 6.07) is 2.25. The van der Waals surface area contributed by atoms with E-state index in [1.807, 2.05) is 0 Å². The van der Waals surface area contributed by atoms with E-state index in [4.69, 9.17) is 0 Å². The van der Waals surface area contributed by atoms with Gasteiger partial charge in [-0.05, 0) is 44.2 Å². The molecule has 1 aliphatic rings. The molecular weight excluding hydrogens is 234 g/mol. The highest BCUT2D eigenvalue weighted by Gasteiger charge is 2.20. The van der Waals surface area contributed by atoms with E-state index in [-0.39, 0.29) is 0 Å². The van der Waals surface area contributed by atoms with Crippen molar-refractivity contribution in [3.63, 3.8) is 0 Å². The minimum atomic E-state index is 0.873. The number of hydrogen-bond acceptors (Lipinski definition) is 2. The average molecular weight is 263 g/mol. The molecular formula is C16H29N3. The van der Waals surface area contributed by atoms with Crippen LogP contribution in [0.15, 0.2) is 6.07 Å². The molecule has 0 bridgehead atoms. The van der Waals surface area contributed by atoms with Gasteiger partial charge in [-0.25, -0.2) is 0 Å². The maximum absolute atomic E-state index is 4.60. The Kier molecular flexibility index (Phi) is 5.44. The first-order valence-electron chi connectivity index (χ1n) is 8.00. The number of nitrogens with zero attached hydrogens (tertiary/aromatic N) is 2. The van der Waals surface area contributed by atoms with Crippen LogP contribution in [0.2, 0.25) is 0 Å². The monoisotopic (exact) mass is 263 g/mol. The van der Waals surface area contributed by atoms with Gasteiger partial charge in [0.05, 0.1) is 11.4 Å². The first-order valence-corrected chi connectivity index (χ1v) is 8.00. The third-order valence-corrected chi connectivity index (χ3v) is 4.58. The smallest absolute Gasteiger partial charge is 0.0625 e. The fourth-order valence-electron chi connectivity index (χ4n) is 3.19. The quantitative estimate of drug-likeness (QED) is 0.852. The van der Waals surface area contributed by atoms with Crippen molar-refractivity contribution < 1.29 is 0 Å². The zero-order chi connectivity index (χ0) is 13.7. The van der Waals surface area contributed by atoms with Crippen LogP contribution in [0.1, 0.15) is 57.8 Å². The van der Waals surface area contributed by atoms with Gasteiger partial charge in [0.1, 0.15) is 0 Å². The molecule has 0 aliphatic heterocycles. The largest absolute Gasteiger partial charge is 0.311 e.